The van der Waals surface area contributed by atoms with Crippen LogP contribution in [-0.2, 0) is 6.42 Å². The van der Waals surface area contributed by atoms with Gasteiger partial charge in [0.2, 0.25) is 0 Å². The SMILES string of the molecule is CCc1cccc(C(O)c2cscc2C)c1. The lowest BCUT2D eigenvalue weighted by Crippen LogP contribution is -2.00. The summed E-state index contributed by atoms with van der Waals surface area (Å²) in [6.45, 7) is 4.17. The van der Waals surface area contributed by atoms with Gasteiger partial charge < -0.3 is 5.11 Å². The third kappa shape index (κ3) is 2.18. The van der Waals surface area contributed by atoms with Crippen LogP contribution in [-0.4, -0.2) is 5.11 Å². The first kappa shape index (κ1) is 11.4. The van der Waals surface area contributed by atoms with Gasteiger partial charge in [-0.25, -0.2) is 0 Å². The smallest absolute Gasteiger partial charge is 0.105 e. The summed E-state index contributed by atoms with van der Waals surface area (Å²) in [5.41, 5.74) is 4.45. The van der Waals surface area contributed by atoms with Crippen molar-refractivity contribution >= 4 is 11.3 Å². The molecule has 2 rings (SSSR count). The average Bonchev–Trinajstić information content (AvgIpc) is 2.74. The standard InChI is InChI=1S/C14H16OS/c1-3-11-5-4-6-12(7-11)14(15)13-9-16-8-10(13)2/h4-9,14-15H,3H2,1-2H3. The maximum Gasteiger partial charge on any atom is 0.105 e. The van der Waals surface area contributed by atoms with Gasteiger partial charge in [0, 0.05) is 0 Å². The molecule has 0 spiro atoms. The summed E-state index contributed by atoms with van der Waals surface area (Å²) in [6, 6.07) is 8.18. The highest BCUT2D eigenvalue weighted by atomic mass is 32.1. The lowest BCUT2D eigenvalue weighted by molar-refractivity contribution is 0.220. The second-order valence-corrected chi connectivity index (χ2v) is 4.75. The fourth-order valence-electron chi connectivity index (χ4n) is 1.81. The second kappa shape index (κ2) is 4.81. The minimum atomic E-state index is -0.488. The maximum atomic E-state index is 10.3. The average molecular weight is 232 g/mol. The van der Waals surface area contributed by atoms with E-state index in [1.807, 2.05) is 24.4 Å². The first-order chi connectivity index (χ1) is 7.72. The minimum absolute atomic E-state index is 0.488. The Morgan fingerprint density at radius 3 is 2.75 bits per heavy atom. The lowest BCUT2D eigenvalue weighted by atomic mass is 9.99. The van der Waals surface area contributed by atoms with E-state index in [1.54, 1.807) is 11.3 Å². The van der Waals surface area contributed by atoms with Gasteiger partial charge in [0.15, 0.2) is 0 Å². The molecule has 16 heavy (non-hydrogen) atoms. The van der Waals surface area contributed by atoms with E-state index < -0.39 is 6.10 Å². The number of benzene rings is 1. The molecule has 84 valence electrons. The molecule has 1 atom stereocenters. The lowest BCUT2D eigenvalue weighted by Gasteiger charge is -2.12. The van der Waals surface area contributed by atoms with Crippen LogP contribution in [0.15, 0.2) is 35.0 Å². The van der Waals surface area contributed by atoms with Crippen LogP contribution in [0.4, 0.5) is 0 Å². The van der Waals surface area contributed by atoms with Crippen LogP contribution in [0.5, 0.6) is 0 Å². The number of rotatable bonds is 3. The van der Waals surface area contributed by atoms with Crippen LogP contribution >= 0.6 is 11.3 Å². The van der Waals surface area contributed by atoms with Gasteiger partial charge in [-0.1, -0.05) is 31.2 Å². The van der Waals surface area contributed by atoms with Crippen molar-refractivity contribution in [2.75, 3.05) is 0 Å². The number of aryl methyl sites for hydroxylation is 2. The largest absolute Gasteiger partial charge is 0.384 e. The normalized spacial score (nSPS) is 12.7. The first-order valence-corrected chi connectivity index (χ1v) is 6.46. The van der Waals surface area contributed by atoms with E-state index >= 15 is 0 Å². The molecule has 2 heteroatoms. The summed E-state index contributed by atoms with van der Waals surface area (Å²) in [5, 5.41) is 14.4. The number of hydrogen-bond donors (Lipinski definition) is 1. The Labute approximate surface area is 100 Å². The van der Waals surface area contributed by atoms with Crippen molar-refractivity contribution in [2.24, 2.45) is 0 Å². The Hall–Kier alpha value is -1.12. The molecule has 0 saturated carbocycles. The molecule has 1 aromatic heterocycles. The Bertz CT molecular complexity index is 473. The molecule has 0 aliphatic heterocycles. The van der Waals surface area contributed by atoms with E-state index in [1.165, 1.54) is 11.1 Å². The van der Waals surface area contributed by atoms with Crippen LogP contribution < -0.4 is 0 Å². The van der Waals surface area contributed by atoms with Gasteiger partial charge in [0.1, 0.15) is 6.10 Å². The molecular formula is C14H16OS. The van der Waals surface area contributed by atoms with Crippen molar-refractivity contribution in [1.82, 2.24) is 0 Å². The molecule has 1 unspecified atom stereocenters. The fraction of sp³-hybridized carbons (Fsp3) is 0.286. The molecular weight excluding hydrogens is 216 g/mol. The number of hydrogen-bond acceptors (Lipinski definition) is 2. The fourth-order valence-corrected chi connectivity index (χ4v) is 2.68. The van der Waals surface area contributed by atoms with Gasteiger partial charge in [-0.3, -0.25) is 0 Å². The third-order valence-corrected chi connectivity index (χ3v) is 3.74. The van der Waals surface area contributed by atoms with Crippen molar-refractivity contribution < 1.29 is 5.11 Å². The highest BCUT2D eigenvalue weighted by Crippen LogP contribution is 2.27. The number of thiophene rings is 1. The van der Waals surface area contributed by atoms with Crippen molar-refractivity contribution in [3.8, 4) is 0 Å². The Kier molecular flexibility index (Phi) is 3.42. The molecule has 1 nitrogen and oxygen atoms in total. The van der Waals surface area contributed by atoms with Gasteiger partial charge in [-0.05, 0) is 46.4 Å². The summed E-state index contributed by atoms with van der Waals surface area (Å²) < 4.78 is 0. The van der Waals surface area contributed by atoms with Crippen molar-refractivity contribution in [2.45, 2.75) is 26.4 Å². The zero-order valence-electron chi connectivity index (χ0n) is 9.60. The van der Waals surface area contributed by atoms with E-state index in [2.05, 4.69) is 24.4 Å². The Balaban J connectivity index is 2.33. The summed E-state index contributed by atoms with van der Waals surface area (Å²) in [7, 11) is 0. The summed E-state index contributed by atoms with van der Waals surface area (Å²) in [4.78, 5) is 0. The summed E-state index contributed by atoms with van der Waals surface area (Å²) >= 11 is 1.64. The molecule has 0 aliphatic rings. The molecule has 0 saturated heterocycles. The van der Waals surface area contributed by atoms with E-state index in [0.29, 0.717) is 0 Å². The molecule has 0 aliphatic carbocycles. The zero-order valence-corrected chi connectivity index (χ0v) is 10.4. The van der Waals surface area contributed by atoms with Gasteiger partial charge >= 0.3 is 0 Å². The third-order valence-electron chi connectivity index (χ3n) is 2.86. The topological polar surface area (TPSA) is 20.2 Å². The predicted molar refractivity (Wildman–Crippen MR) is 68.9 cm³/mol. The molecule has 1 heterocycles. The highest BCUT2D eigenvalue weighted by molar-refractivity contribution is 7.08. The molecule has 0 fully saturated rings. The van der Waals surface area contributed by atoms with Gasteiger partial charge in [-0.15, -0.1) is 0 Å². The van der Waals surface area contributed by atoms with Crippen LogP contribution in [0.2, 0.25) is 0 Å². The first-order valence-electron chi connectivity index (χ1n) is 5.52. The van der Waals surface area contributed by atoms with Crippen LogP contribution in [0.3, 0.4) is 0 Å². The predicted octanol–water partition coefficient (Wildman–Crippen LogP) is 3.70. The van der Waals surface area contributed by atoms with Crippen LogP contribution in [0.25, 0.3) is 0 Å². The quantitative estimate of drug-likeness (QED) is 0.855. The van der Waals surface area contributed by atoms with Gasteiger partial charge in [0.05, 0.1) is 0 Å². The van der Waals surface area contributed by atoms with E-state index in [9.17, 15) is 5.11 Å². The number of aliphatic hydroxyl groups is 1. The number of aliphatic hydroxyl groups excluding tert-OH is 1. The maximum absolute atomic E-state index is 10.3. The molecule has 1 aromatic carbocycles. The Morgan fingerprint density at radius 1 is 1.31 bits per heavy atom. The van der Waals surface area contributed by atoms with E-state index in [4.69, 9.17) is 0 Å². The van der Waals surface area contributed by atoms with Crippen LogP contribution in [0.1, 0.15) is 35.3 Å². The van der Waals surface area contributed by atoms with E-state index in [-0.39, 0.29) is 0 Å². The molecule has 0 radical (unpaired) electrons. The molecule has 0 bridgehead atoms. The van der Waals surface area contributed by atoms with Crippen LogP contribution in [0, 0.1) is 6.92 Å². The van der Waals surface area contributed by atoms with E-state index in [0.717, 1.165) is 17.5 Å². The van der Waals surface area contributed by atoms with Gasteiger partial charge in [0.25, 0.3) is 0 Å². The zero-order chi connectivity index (χ0) is 11.5. The summed E-state index contributed by atoms with van der Waals surface area (Å²) in [5.74, 6) is 0. The van der Waals surface area contributed by atoms with Crippen molar-refractivity contribution in [3.05, 3.63) is 57.3 Å². The monoisotopic (exact) mass is 232 g/mol. The van der Waals surface area contributed by atoms with Crippen molar-refractivity contribution in [3.63, 3.8) is 0 Å². The summed E-state index contributed by atoms with van der Waals surface area (Å²) in [6.07, 6.45) is 0.515. The highest BCUT2D eigenvalue weighted by Gasteiger charge is 2.13. The van der Waals surface area contributed by atoms with Crippen molar-refractivity contribution in [1.29, 1.82) is 0 Å². The Morgan fingerprint density at radius 2 is 2.12 bits per heavy atom. The van der Waals surface area contributed by atoms with Gasteiger partial charge in [-0.2, -0.15) is 11.3 Å². The molecule has 1 N–H and O–H groups in total. The second-order valence-electron chi connectivity index (χ2n) is 4.01. The molecule has 2 aromatic rings. The molecule has 0 amide bonds. The minimum Gasteiger partial charge on any atom is -0.384 e.